The molecule has 0 bridgehead atoms. The van der Waals surface area contributed by atoms with Crippen molar-refractivity contribution < 1.29 is 23.1 Å². The van der Waals surface area contributed by atoms with Crippen LogP contribution >= 0.6 is 11.3 Å². The molecule has 0 amide bonds. The average Bonchev–Trinajstić information content (AvgIpc) is 2.58. The summed E-state index contributed by atoms with van der Waals surface area (Å²) in [6.45, 7) is 0. The van der Waals surface area contributed by atoms with Gasteiger partial charge in [-0.2, -0.15) is 13.2 Å². The molecule has 0 aliphatic heterocycles. The summed E-state index contributed by atoms with van der Waals surface area (Å²) in [5.74, 6) is -1.18. The van der Waals surface area contributed by atoms with E-state index < -0.39 is 17.2 Å². The molecule has 0 saturated carbocycles. The lowest BCUT2D eigenvalue weighted by Gasteiger charge is -1.98. The number of hydrogen-bond donors (Lipinski definition) is 1. The summed E-state index contributed by atoms with van der Waals surface area (Å²) in [7, 11) is 0. The van der Waals surface area contributed by atoms with Crippen molar-refractivity contribution in [2.24, 2.45) is 0 Å². The van der Waals surface area contributed by atoms with Gasteiger partial charge < -0.3 is 5.11 Å². The molecule has 1 heterocycles. The lowest BCUT2D eigenvalue weighted by molar-refractivity contribution is -0.137. The number of thiazole rings is 1. The van der Waals surface area contributed by atoms with Crippen molar-refractivity contribution in [1.29, 1.82) is 0 Å². The molecule has 0 spiro atoms. The van der Waals surface area contributed by atoms with Gasteiger partial charge in [0.05, 0.1) is 15.8 Å². The Morgan fingerprint density at radius 1 is 1.38 bits per heavy atom. The van der Waals surface area contributed by atoms with Crippen LogP contribution in [-0.4, -0.2) is 16.1 Å². The predicted octanol–water partition coefficient (Wildman–Crippen LogP) is 3.01. The van der Waals surface area contributed by atoms with E-state index in [9.17, 15) is 18.0 Å². The van der Waals surface area contributed by atoms with Gasteiger partial charge in [0, 0.05) is 0 Å². The topological polar surface area (TPSA) is 50.2 Å². The quantitative estimate of drug-likeness (QED) is 0.842. The maximum absolute atomic E-state index is 12.3. The fraction of sp³-hybridized carbons (Fsp3) is 0.111. The zero-order chi connectivity index (χ0) is 11.9. The van der Waals surface area contributed by atoms with Gasteiger partial charge in [0.25, 0.3) is 0 Å². The van der Waals surface area contributed by atoms with Crippen LogP contribution in [0.5, 0.6) is 0 Å². The van der Waals surface area contributed by atoms with Crippen molar-refractivity contribution in [1.82, 2.24) is 4.98 Å². The third kappa shape index (κ3) is 1.85. The Hall–Kier alpha value is -1.63. The molecule has 0 fully saturated rings. The first-order valence-corrected chi connectivity index (χ1v) is 4.90. The number of hydrogen-bond acceptors (Lipinski definition) is 3. The highest BCUT2D eigenvalue weighted by Crippen LogP contribution is 2.35. The lowest BCUT2D eigenvalue weighted by atomic mass is 10.2. The van der Waals surface area contributed by atoms with Crippen molar-refractivity contribution in [2.45, 2.75) is 6.18 Å². The number of alkyl halides is 3. The Labute approximate surface area is 91.2 Å². The van der Waals surface area contributed by atoms with E-state index in [2.05, 4.69) is 4.98 Å². The lowest BCUT2D eigenvalue weighted by Crippen LogP contribution is -2.03. The van der Waals surface area contributed by atoms with Crippen LogP contribution in [0, 0.1) is 0 Å². The Balaban J connectivity index is 2.59. The van der Waals surface area contributed by atoms with Crippen LogP contribution in [0.1, 0.15) is 15.4 Å². The number of aromatic nitrogens is 1. The average molecular weight is 247 g/mol. The van der Waals surface area contributed by atoms with Crippen LogP contribution in [0.25, 0.3) is 10.2 Å². The number of aromatic carboxylic acids is 1. The van der Waals surface area contributed by atoms with E-state index in [1.54, 1.807) is 0 Å². The van der Waals surface area contributed by atoms with Crippen molar-refractivity contribution in [3.05, 3.63) is 28.8 Å². The van der Waals surface area contributed by atoms with Gasteiger partial charge in [-0.1, -0.05) is 0 Å². The third-order valence-electron chi connectivity index (χ3n) is 1.88. The Morgan fingerprint density at radius 2 is 2.06 bits per heavy atom. The van der Waals surface area contributed by atoms with E-state index >= 15 is 0 Å². The molecule has 84 valence electrons. The van der Waals surface area contributed by atoms with Crippen LogP contribution in [0.3, 0.4) is 0 Å². The minimum absolute atomic E-state index is 0.0510. The van der Waals surface area contributed by atoms with Crippen molar-refractivity contribution in [3.63, 3.8) is 0 Å². The summed E-state index contributed by atoms with van der Waals surface area (Å²) >= 11 is 0.436. The number of carboxylic acid groups (broad SMARTS) is 1. The molecule has 1 aromatic heterocycles. The molecule has 2 aromatic rings. The van der Waals surface area contributed by atoms with Crippen molar-refractivity contribution in [3.8, 4) is 0 Å². The highest BCUT2D eigenvalue weighted by atomic mass is 32.1. The molecule has 7 heteroatoms. The molecule has 1 aromatic carbocycles. The van der Waals surface area contributed by atoms with Crippen molar-refractivity contribution in [2.75, 3.05) is 0 Å². The highest BCUT2D eigenvalue weighted by molar-refractivity contribution is 7.18. The summed E-state index contributed by atoms with van der Waals surface area (Å²) in [4.78, 5) is 14.0. The predicted molar refractivity (Wildman–Crippen MR) is 51.6 cm³/mol. The molecule has 0 atom stereocenters. The smallest absolute Gasteiger partial charge is 0.443 e. The number of benzene rings is 1. The van der Waals surface area contributed by atoms with Gasteiger partial charge in [0.1, 0.15) is 0 Å². The van der Waals surface area contributed by atoms with Crippen LogP contribution < -0.4 is 0 Å². The molecule has 3 nitrogen and oxygen atoms in total. The van der Waals surface area contributed by atoms with E-state index in [0.29, 0.717) is 11.3 Å². The zero-order valence-electron chi connectivity index (χ0n) is 7.58. The summed E-state index contributed by atoms with van der Waals surface area (Å²) < 4.78 is 37.2. The monoisotopic (exact) mass is 247 g/mol. The zero-order valence-corrected chi connectivity index (χ0v) is 8.39. The van der Waals surface area contributed by atoms with E-state index in [1.807, 2.05) is 0 Å². The van der Waals surface area contributed by atoms with Gasteiger partial charge in [0.2, 0.25) is 0 Å². The summed E-state index contributed by atoms with van der Waals surface area (Å²) in [5, 5.41) is 7.71. The second kappa shape index (κ2) is 3.44. The first-order chi connectivity index (χ1) is 7.38. The molecule has 0 radical (unpaired) electrons. The first kappa shape index (κ1) is 10.9. The molecule has 1 N–H and O–H groups in total. The number of fused-ring (bicyclic) bond motifs is 1. The van der Waals surface area contributed by atoms with Gasteiger partial charge in [-0.05, 0) is 18.2 Å². The number of carboxylic acids is 1. The summed E-state index contributed by atoms with van der Waals surface area (Å²) in [6.07, 6.45) is -4.49. The molecule has 0 aliphatic carbocycles. The maximum atomic E-state index is 12.3. The van der Waals surface area contributed by atoms with Gasteiger partial charge in [-0.15, -0.1) is 11.3 Å². The molecule has 0 aliphatic rings. The highest BCUT2D eigenvalue weighted by Gasteiger charge is 2.34. The second-order valence-corrected chi connectivity index (χ2v) is 4.04. The van der Waals surface area contributed by atoms with Gasteiger partial charge in [-0.25, -0.2) is 9.78 Å². The van der Waals surface area contributed by atoms with Crippen LogP contribution in [0.15, 0.2) is 18.2 Å². The Bertz CT molecular complexity index is 561. The second-order valence-electron chi connectivity index (χ2n) is 3.00. The normalized spacial score (nSPS) is 11.9. The van der Waals surface area contributed by atoms with Crippen molar-refractivity contribution >= 4 is 27.5 Å². The molecule has 0 unspecified atom stereocenters. The SMILES string of the molecule is O=C(O)c1ccc2nc(C(F)(F)F)sc2c1. The minimum atomic E-state index is -4.49. The molecular weight excluding hydrogens is 243 g/mol. The van der Waals surface area contributed by atoms with E-state index in [1.165, 1.54) is 18.2 Å². The van der Waals surface area contributed by atoms with E-state index in [-0.39, 0.29) is 15.8 Å². The molecule has 2 rings (SSSR count). The number of nitrogens with zero attached hydrogens (tertiary/aromatic N) is 1. The van der Waals surface area contributed by atoms with Crippen LogP contribution in [0.4, 0.5) is 13.2 Å². The minimum Gasteiger partial charge on any atom is -0.478 e. The number of carbonyl (C=O) groups is 1. The van der Waals surface area contributed by atoms with E-state index in [0.717, 1.165) is 0 Å². The third-order valence-corrected chi connectivity index (χ3v) is 2.94. The van der Waals surface area contributed by atoms with Gasteiger partial charge in [-0.3, -0.25) is 0 Å². The number of halogens is 3. The fourth-order valence-corrected chi connectivity index (χ4v) is 2.05. The Kier molecular flexibility index (Phi) is 2.34. The van der Waals surface area contributed by atoms with Crippen LogP contribution in [-0.2, 0) is 6.18 Å². The first-order valence-electron chi connectivity index (χ1n) is 4.09. The maximum Gasteiger partial charge on any atom is 0.443 e. The largest absolute Gasteiger partial charge is 0.478 e. The van der Waals surface area contributed by atoms with Gasteiger partial charge in [0.15, 0.2) is 5.01 Å². The standard InChI is InChI=1S/C9H4F3NO2S/c10-9(11,12)8-13-5-2-1-4(7(14)15)3-6(5)16-8/h1-3H,(H,14,15). The molecule has 0 saturated heterocycles. The van der Waals surface area contributed by atoms with Crippen LogP contribution in [0.2, 0.25) is 0 Å². The Morgan fingerprint density at radius 3 is 2.62 bits per heavy atom. The van der Waals surface area contributed by atoms with Gasteiger partial charge >= 0.3 is 12.1 Å². The summed E-state index contributed by atoms with van der Waals surface area (Å²) in [5.41, 5.74) is 0.104. The molecule has 16 heavy (non-hydrogen) atoms. The van der Waals surface area contributed by atoms with E-state index in [4.69, 9.17) is 5.11 Å². The fourth-order valence-electron chi connectivity index (χ4n) is 1.18. The number of rotatable bonds is 1. The summed E-state index contributed by atoms with van der Waals surface area (Å²) in [6, 6.07) is 3.68. The molecular formula is C9H4F3NO2S.